The van der Waals surface area contributed by atoms with Crippen LogP contribution in [0.4, 0.5) is 0 Å². The third kappa shape index (κ3) is 3.23. The number of pyridine rings is 1. The summed E-state index contributed by atoms with van der Waals surface area (Å²) in [4.78, 5) is 14.3. The van der Waals surface area contributed by atoms with Crippen molar-refractivity contribution in [1.82, 2.24) is 4.90 Å². The van der Waals surface area contributed by atoms with Gasteiger partial charge in [0.1, 0.15) is 0 Å². The van der Waals surface area contributed by atoms with Crippen molar-refractivity contribution in [2.24, 2.45) is 0 Å². The van der Waals surface area contributed by atoms with Crippen LogP contribution in [-0.2, 0) is 11.3 Å². The lowest BCUT2D eigenvalue weighted by atomic mass is 10.2. The molecule has 1 amide bonds. The van der Waals surface area contributed by atoms with Gasteiger partial charge in [0.05, 0.1) is 0 Å². The molecule has 20 heavy (non-hydrogen) atoms. The number of aryl methyl sites for hydroxylation is 1. The third-order valence-electron chi connectivity index (χ3n) is 3.52. The third-order valence-corrected chi connectivity index (χ3v) is 3.52. The SMILES string of the molecule is Cc1cccc[n+]1[C@H](C)C(=O)N(C)Cc1ccccc1. The van der Waals surface area contributed by atoms with Crippen LogP contribution in [0, 0.1) is 6.92 Å². The van der Waals surface area contributed by atoms with E-state index < -0.39 is 0 Å². The minimum atomic E-state index is -0.190. The van der Waals surface area contributed by atoms with Crippen LogP contribution in [0.5, 0.6) is 0 Å². The Labute approximate surface area is 120 Å². The molecular weight excluding hydrogens is 248 g/mol. The number of aromatic nitrogens is 1. The Morgan fingerprint density at radius 1 is 1.15 bits per heavy atom. The highest BCUT2D eigenvalue weighted by molar-refractivity contribution is 5.78. The van der Waals surface area contributed by atoms with Gasteiger partial charge in [-0.05, 0) is 5.56 Å². The number of rotatable bonds is 4. The van der Waals surface area contributed by atoms with Crippen LogP contribution in [-0.4, -0.2) is 17.9 Å². The second-order valence-corrected chi connectivity index (χ2v) is 5.11. The van der Waals surface area contributed by atoms with Crippen molar-refractivity contribution in [2.45, 2.75) is 26.4 Å². The molecule has 1 heterocycles. The summed E-state index contributed by atoms with van der Waals surface area (Å²) in [5, 5.41) is 0. The first-order valence-electron chi connectivity index (χ1n) is 6.85. The monoisotopic (exact) mass is 269 g/mol. The van der Waals surface area contributed by atoms with Crippen molar-refractivity contribution in [2.75, 3.05) is 7.05 Å². The lowest BCUT2D eigenvalue weighted by molar-refractivity contribution is -0.712. The molecule has 3 nitrogen and oxygen atoms in total. The van der Waals surface area contributed by atoms with Crippen LogP contribution in [0.2, 0.25) is 0 Å². The maximum atomic E-state index is 12.5. The predicted molar refractivity (Wildman–Crippen MR) is 79.0 cm³/mol. The molecule has 0 aliphatic rings. The van der Waals surface area contributed by atoms with Gasteiger partial charge in [-0.1, -0.05) is 36.4 Å². The summed E-state index contributed by atoms with van der Waals surface area (Å²) in [6, 6.07) is 15.8. The zero-order valence-corrected chi connectivity index (χ0v) is 12.3. The van der Waals surface area contributed by atoms with E-state index in [1.54, 1.807) is 4.90 Å². The number of hydrogen-bond acceptors (Lipinski definition) is 1. The molecule has 0 spiro atoms. The lowest BCUT2D eigenvalue weighted by Gasteiger charge is -2.19. The molecule has 0 saturated carbocycles. The second kappa shape index (κ2) is 6.33. The number of carbonyl (C=O) groups is 1. The second-order valence-electron chi connectivity index (χ2n) is 5.11. The fourth-order valence-corrected chi connectivity index (χ4v) is 2.35. The van der Waals surface area contributed by atoms with E-state index >= 15 is 0 Å². The Balaban J connectivity index is 2.09. The van der Waals surface area contributed by atoms with Crippen LogP contribution in [0.1, 0.15) is 24.2 Å². The largest absolute Gasteiger partial charge is 0.336 e. The fraction of sp³-hybridized carbons (Fsp3) is 0.294. The summed E-state index contributed by atoms with van der Waals surface area (Å²) in [6.45, 7) is 4.59. The summed E-state index contributed by atoms with van der Waals surface area (Å²) in [5.41, 5.74) is 2.23. The molecule has 0 saturated heterocycles. The van der Waals surface area contributed by atoms with Gasteiger partial charge in [0.2, 0.25) is 6.04 Å². The molecule has 0 fully saturated rings. The van der Waals surface area contributed by atoms with Gasteiger partial charge in [-0.2, -0.15) is 4.57 Å². The average molecular weight is 269 g/mol. The molecule has 1 aromatic heterocycles. The topological polar surface area (TPSA) is 24.2 Å². The normalized spacial score (nSPS) is 11.9. The lowest BCUT2D eigenvalue weighted by Crippen LogP contribution is -2.48. The molecule has 2 aromatic rings. The van der Waals surface area contributed by atoms with Crippen LogP contribution in [0.25, 0.3) is 0 Å². The van der Waals surface area contributed by atoms with Gasteiger partial charge in [0.15, 0.2) is 11.9 Å². The van der Waals surface area contributed by atoms with Crippen molar-refractivity contribution in [3.05, 3.63) is 66.0 Å². The van der Waals surface area contributed by atoms with E-state index in [1.807, 2.05) is 80.2 Å². The van der Waals surface area contributed by atoms with Crippen molar-refractivity contribution in [3.8, 4) is 0 Å². The molecule has 104 valence electrons. The van der Waals surface area contributed by atoms with Crippen molar-refractivity contribution in [1.29, 1.82) is 0 Å². The van der Waals surface area contributed by atoms with Gasteiger partial charge >= 0.3 is 0 Å². The highest BCUT2D eigenvalue weighted by Crippen LogP contribution is 2.08. The van der Waals surface area contributed by atoms with Crippen LogP contribution < -0.4 is 4.57 Å². The molecular formula is C17H21N2O+. The zero-order valence-electron chi connectivity index (χ0n) is 12.3. The minimum Gasteiger partial charge on any atom is -0.336 e. The molecule has 3 heteroatoms. The highest BCUT2D eigenvalue weighted by atomic mass is 16.2. The summed E-state index contributed by atoms with van der Waals surface area (Å²) in [6.07, 6.45) is 1.95. The predicted octanol–water partition coefficient (Wildman–Crippen LogP) is 2.50. The molecule has 0 aliphatic carbocycles. The first kappa shape index (κ1) is 14.3. The van der Waals surface area contributed by atoms with Crippen LogP contribution >= 0.6 is 0 Å². The number of nitrogens with zero attached hydrogens (tertiary/aromatic N) is 2. The summed E-state index contributed by atoms with van der Waals surface area (Å²) in [5.74, 6) is 0.119. The van der Waals surface area contributed by atoms with Crippen LogP contribution in [0.15, 0.2) is 54.7 Å². The van der Waals surface area contributed by atoms with E-state index in [1.165, 1.54) is 0 Å². The van der Waals surface area contributed by atoms with Crippen molar-refractivity contribution < 1.29 is 9.36 Å². The van der Waals surface area contributed by atoms with E-state index in [4.69, 9.17) is 0 Å². The molecule has 1 atom stereocenters. The maximum Gasteiger partial charge on any atom is 0.291 e. The Morgan fingerprint density at radius 2 is 1.80 bits per heavy atom. The van der Waals surface area contributed by atoms with Gasteiger partial charge in [-0.25, -0.2) is 0 Å². The average Bonchev–Trinajstić information content (AvgIpc) is 2.47. The number of amides is 1. The van der Waals surface area contributed by atoms with E-state index in [2.05, 4.69) is 0 Å². The summed E-state index contributed by atoms with van der Waals surface area (Å²) >= 11 is 0. The number of benzene rings is 1. The molecule has 0 N–H and O–H groups in total. The zero-order chi connectivity index (χ0) is 14.5. The van der Waals surface area contributed by atoms with Gasteiger partial charge in [-0.3, -0.25) is 4.79 Å². The first-order valence-corrected chi connectivity index (χ1v) is 6.85. The first-order chi connectivity index (χ1) is 9.59. The Kier molecular flexibility index (Phi) is 4.51. The Morgan fingerprint density at radius 3 is 2.45 bits per heavy atom. The van der Waals surface area contributed by atoms with Crippen LogP contribution in [0.3, 0.4) is 0 Å². The van der Waals surface area contributed by atoms with E-state index in [9.17, 15) is 4.79 Å². The Bertz CT molecular complexity index is 581. The molecule has 1 aromatic carbocycles. The highest BCUT2D eigenvalue weighted by Gasteiger charge is 2.26. The standard InChI is InChI=1S/C17H21N2O/c1-14-9-7-8-12-19(14)15(2)17(20)18(3)13-16-10-5-4-6-11-16/h4-12,15H,13H2,1-3H3/q+1/t15-/m1/s1. The molecule has 0 unspecified atom stereocenters. The van der Waals surface area contributed by atoms with Crippen molar-refractivity contribution in [3.63, 3.8) is 0 Å². The number of likely N-dealkylation sites (N-methyl/N-ethyl adjacent to an activating group) is 1. The van der Waals surface area contributed by atoms with E-state index in [-0.39, 0.29) is 11.9 Å². The molecule has 0 bridgehead atoms. The molecule has 2 rings (SSSR count). The quantitative estimate of drug-likeness (QED) is 0.783. The summed E-state index contributed by atoms with van der Waals surface area (Å²) < 4.78 is 2.00. The Hall–Kier alpha value is -2.16. The van der Waals surface area contributed by atoms with Crippen molar-refractivity contribution >= 4 is 5.91 Å². The minimum absolute atomic E-state index is 0.119. The van der Waals surface area contributed by atoms with Gasteiger partial charge in [0, 0.05) is 39.6 Å². The molecule has 0 aliphatic heterocycles. The maximum absolute atomic E-state index is 12.5. The van der Waals surface area contributed by atoms with Gasteiger partial charge < -0.3 is 4.90 Å². The van der Waals surface area contributed by atoms with E-state index in [0.29, 0.717) is 6.54 Å². The van der Waals surface area contributed by atoms with E-state index in [0.717, 1.165) is 11.3 Å². The fourth-order valence-electron chi connectivity index (χ4n) is 2.35. The number of hydrogen-bond donors (Lipinski definition) is 0. The molecule has 0 radical (unpaired) electrons. The summed E-state index contributed by atoms with van der Waals surface area (Å²) in [7, 11) is 1.85. The smallest absolute Gasteiger partial charge is 0.291 e. The number of carbonyl (C=O) groups excluding carboxylic acids is 1. The van der Waals surface area contributed by atoms with Gasteiger partial charge in [-0.15, -0.1) is 0 Å². The van der Waals surface area contributed by atoms with Gasteiger partial charge in [0.25, 0.3) is 5.91 Å².